The Morgan fingerprint density at radius 1 is 0.739 bits per heavy atom. The summed E-state index contributed by atoms with van der Waals surface area (Å²) in [6, 6.07) is 24.3. The molecule has 0 saturated carbocycles. The topological polar surface area (TPSA) is 0 Å². The van der Waals surface area contributed by atoms with Crippen LogP contribution >= 0.6 is 0 Å². The second-order valence-corrected chi connectivity index (χ2v) is 6.24. The van der Waals surface area contributed by atoms with Crippen molar-refractivity contribution in [2.24, 2.45) is 0 Å². The van der Waals surface area contributed by atoms with Crippen LogP contribution in [-0.4, -0.2) is 0 Å². The van der Waals surface area contributed by atoms with Gasteiger partial charge >= 0.3 is 0 Å². The van der Waals surface area contributed by atoms with Crippen molar-refractivity contribution in [1.82, 2.24) is 0 Å². The maximum atomic E-state index is 2.37. The molecule has 0 heteroatoms. The van der Waals surface area contributed by atoms with Crippen LogP contribution in [0.4, 0.5) is 0 Å². The average molecular weight is 296 g/mol. The van der Waals surface area contributed by atoms with Crippen LogP contribution in [0.2, 0.25) is 0 Å². The molecule has 0 heterocycles. The first-order valence-electron chi connectivity index (χ1n) is 8.24. The maximum absolute atomic E-state index is 2.37. The van der Waals surface area contributed by atoms with E-state index in [0.29, 0.717) is 5.92 Å². The zero-order valence-corrected chi connectivity index (χ0v) is 13.6. The van der Waals surface area contributed by atoms with E-state index in [-0.39, 0.29) is 0 Å². The molecule has 1 atom stereocenters. The van der Waals surface area contributed by atoms with Crippen LogP contribution in [-0.2, 0) is 0 Å². The van der Waals surface area contributed by atoms with Gasteiger partial charge in [0.05, 0.1) is 0 Å². The van der Waals surface area contributed by atoms with Gasteiger partial charge in [-0.15, -0.1) is 0 Å². The summed E-state index contributed by atoms with van der Waals surface area (Å²) in [4.78, 5) is 0. The molecule has 0 spiro atoms. The standard InChI is InChI=1S/C23H20/c1-3-7-17-10-12-20-21-13-11-19(18-8-5-4-6-9-18)15-23(21)16(2)22(20)14-17/h3-16H,1-2H3/b7-3+. The van der Waals surface area contributed by atoms with Gasteiger partial charge in [-0.2, -0.15) is 0 Å². The third kappa shape index (κ3) is 2.31. The molecular weight excluding hydrogens is 276 g/mol. The molecule has 0 saturated heterocycles. The fraction of sp³-hybridized carbons (Fsp3) is 0.130. The van der Waals surface area contributed by atoms with E-state index in [2.05, 4.69) is 92.7 Å². The summed E-state index contributed by atoms with van der Waals surface area (Å²) in [5, 5.41) is 0. The largest absolute Gasteiger partial charge is 0.0871 e. The third-order valence-electron chi connectivity index (χ3n) is 4.82. The Kier molecular flexibility index (Phi) is 3.38. The molecule has 0 radical (unpaired) electrons. The Labute approximate surface area is 138 Å². The zero-order chi connectivity index (χ0) is 15.8. The number of allylic oxidation sites excluding steroid dienone is 1. The molecule has 1 aliphatic carbocycles. The van der Waals surface area contributed by atoms with Crippen LogP contribution in [0, 0.1) is 0 Å². The first kappa shape index (κ1) is 14.0. The molecule has 0 aromatic heterocycles. The zero-order valence-electron chi connectivity index (χ0n) is 13.6. The van der Waals surface area contributed by atoms with Gasteiger partial charge in [0.15, 0.2) is 0 Å². The van der Waals surface area contributed by atoms with Crippen molar-refractivity contribution < 1.29 is 0 Å². The SMILES string of the molecule is C/C=C/c1ccc2c(c1)C(C)c1cc(-c3ccccc3)ccc1-2. The predicted octanol–water partition coefficient (Wildman–Crippen LogP) is 6.52. The van der Waals surface area contributed by atoms with Gasteiger partial charge in [-0.3, -0.25) is 0 Å². The molecule has 0 N–H and O–H groups in total. The summed E-state index contributed by atoms with van der Waals surface area (Å²) >= 11 is 0. The van der Waals surface area contributed by atoms with Crippen molar-refractivity contribution in [3.05, 3.63) is 89.5 Å². The van der Waals surface area contributed by atoms with Crippen LogP contribution in [0.25, 0.3) is 28.3 Å². The number of hydrogen-bond donors (Lipinski definition) is 0. The van der Waals surface area contributed by atoms with E-state index in [0.717, 1.165) is 0 Å². The third-order valence-corrected chi connectivity index (χ3v) is 4.82. The highest BCUT2D eigenvalue weighted by Gasteiger charge is 2.25. The normalized spacial score (nSPS) is 15.7. The van der Waals surface area contributed by atoms with E-state index in [1.807, 2.05) is 0 Å². The monoisotopic (exact) mass is 296 g/mol. The molecule has 0 nitrogen and oxygen atoms in total. The van der Waals surface area contributed by atoms with Gasteiger partial charge in [0.25, 0.3) is 0 Å². The molecule has 0 bridgehead atoms. The van der Waals surface area contributed by atoms with E-state index in [9.17, 15) is 0 Å². The van der Waals surface area contributed by atoms with Gasteiger partial charge in [-0.1, -0.05) is 79.7 Å². The minimum atomic E-state index is 0.453. The Bertz CT molecular complexity index is 885. The lowest BCUT2D eigenvalue weighted by Gasteiger charge is -2.09. The molecule has 4 rings (SSSR count). The smallest absolute Gasteiger partial charge is 0.00737 e. The Hall–Kier alpha value is -2.60. The van der Waals surface area contributed by atoms with Gasteiger partial charge in [0.1, 0.15) is 0 Å². The highest BCUT2D eigenvalue weighted by atomic mass is 14.3. The molecule has 112 valence electrons. The second kappa shape index (κ2) is 5.55. The molecule has 0 fully saturated rings. The van der Waals surface area contributed by atoms with Crippen LogP contribution in [0.3, 0.4) is 0 Å². The summed E-state index contributed by atoms with van der Waals surface area (Å²) in [5.74, 6) is 0.453. The van der Waals surface area contributed by atoms with E-state index in [4.69, 9.17) is 0 Å². The van der Waals surface area contributed by atoms with Gasteiger partial charge in [-0.25, -0.2) is 0 Å². The fourth-order valence-electron chi connectivity index (χ4n) is 3.62. The molecule has 3 aromatic carbocycles. The van der Waals surface area contributed by atoms with Crippen LogP contribution < -0.4 is 0 Å². The lowest BCUT2D eigenvalue weighted by Crippen LogP contribution is -1.90. The van der Waals surface area contributed by atoms with E-state index < -0.39 is 0 Å². The van der Waals surface area contributed by atoms with E-state index in [1.54, 1.807) is 0 Å². The minimum absolute atomic E-state index is 0.453. The van der Waals surface area contributed by atoms with E-state index >= 15 is 0 Å². The van der Waals surface area contributed by atoms with Crippen molar-refractivity contribution >= 4 is 6.08 Å². The molecule has 3 aromatic rings. The predicted molar refractivity (Wildman–Crippen MR) is 99.5 cm³/mol. The summed E-state index contributed by atoms with van der Waals surface area (Å²) in [5.41, 5.74) is 9.54. The van der Waals surface area contributed by atoms with Crippen molar-refractivity contribution in [2.75, 3.05) is 0 Å². The summed E-state index contributed by atoms with van der Waals surface area (Å²) in [7, 11) is 0. The molecular formula is C23H20. The Balaban J connectivity index is 1.82. The molecule has 0 aliphatic heterocycles. The highest BCUT2D eigenvalue weighted by Crippen LogP contribution is 2.46. The highest BCUT2D eigenvalue weighted by molar-refractivity contribution is 5.82. The number of benzene rings is 3. The summed E-state index contributed by atoms with van der Waals surface area (Å²) in [6.07, 6.45) is 4.27. The lowest BCUT2D eigenvalue weighted by molar-refractivity contribution is 0.956. The quantitative estimate of drug-likeness (QED) is 0.505. The summed E-state index contributed by atoms with van der Waals surface area (Å²) in [6.45, 7) is 4.39. The van der Waals surface area contributed by atoms with Crippen molar-refractivity contribution in [3.8, 4) is 22.3 Å². The van der Waals surface area contributed by atoms with Crippen molar-refractivity contribution in [2.45, 2.75) is 19.8 Å². The van der Waals surface area contributed by atoms with Gasteiger partial charge in [0, 0.05) is 5.92 Å². The van der Waals surface area contributed by atoms with Crippen LogP contribution in [0.5, 0.6) is 0 Å². The number of rotatable bonds is 2. The second-order valence-electron chi connectivity index (χ2n) is 6.24. The fourth-order valence-corrected chi connectivity index (χ4v) is 3.62. The molecule has 0 amide bonds. The lowest BCUT2D eigenvalue weighted by atomic mass is 9.95. The van der Waals surface area contributed by atoms with Gasteiger partial charge < -0.3 is 0 Å². The molecule has 1 aliphatic rings. The average Bonchev–Trinajstić information content (AvgIpc) is 2.88. The molecule has 1 unspecified atom stereocenters. The first-order valence-corrected chi connectivity index (χ1v) is 8.24. The van der Waals surface area contributed by atoms with Crippen LogP contribution in [0.1, 0.15) is 36.5 Å². The number of fused-ring (bicyclic) bond motifs is 3. The van der Waals surface area contributed by atoms with Crippen molar-refractivity contribution in [3.63, 3.8) is 0 Å². The Morgan fingerprint density at radius 2 is 1.43 bits per heavy atom. The Morgan fingerprint density at radius 3 is 2.17 bits per heavy atom. The van der Waals surface area contributed by atoms with Crippen molar-refractivity contribution in [1.29, 1.82) is 0 Å². The summed E-state index contributed by atoms with van der Waals surface area (Å²) < 4.78 is 0. The van der Waals surface area contributed by atoms with E-state index in [1.165, 1.54) is 38.9 Å². The molecule has 23 heavy (non-hydrogen) atoms. The van der Waals surface area contributed by atoms with Gasteiger partial charge in [0.2, 0.25) is 0 Å². The maximum Gasteiger partial charge on any atom is 0.00737 e. The minimum Gasteiger partial charge on any atom is -0.0871 e. The first-order chi connectivity index (χ1) is 11.3. The van der Waals surface area contributed by atoms with Crippen LogP contribution in [0.15, 0.2) is 72.8 Å². The number of hydrogen-bond acceptors (Lipinski definition) is 0. The van der Waals surface area contributed by atoms with Gasteiger partial charge in [-0.05, 0) is 51.9 Å².